The summed E-state index contributed by atoms with van der Waals surface area (Å²) in [5.41, 5.74) is 0. The minimum Gasteiger partial charge on any atom is -0.453 e. The van der Waals surface area contributed by atoms with Crippen molar-refractivity contribution in [2.45, 2.75) is 0 Å². The molecule has 0 aliphatic rings. The zero-order valence-electron chi connectivity index (χ0n) is 4.81. The topological polar surface area (TPSA) is 55.4 Å². The number of methoxy groups -OCH3 is 1. The van der Waals surface area contributed by atoms with Gasteiger partial charge in [0.05, 0.1) is 13.7 Å². The molecule has 0 aliphatic carbocycles. The number of halogens is 1. The van der Waals surface area contributed by atoms with E-state index in [9.17, 15) is 9.59 Å². The van der Waals surface area contributed by atoms with E-state index in [-0.39, 0.29) is 10.3 Å². The lowest BCUT2D eigenvalue weighted by atomic mass is 10.7. The molecule has 0 atom stereocenters. The van der Waals surface area contributed by atoms with Gasteiger partial charge in [-0.15, -0.1) is 0 Å². The lowest BCUT2D eigenvalue weighted by molar-refractivity contribution is -0.108. The number of hydrogen-bond acceptors (Lipinski definition) is 3. The van der Waals surface area contributed by atoms with Crippen molar-refractivity contribution in [3.05, 3.63) is 0 Å². The van der Waals surface area contributed by atoms with E-state index in [0.717, 1.165) is 0 Å². The first-order valence-corrected chi connectivity index (χ1v) is 3.25. The van der Waals surface area contributed by atoms with E-state index in [0.29, 0.717) is 0 Å². The minimum absolute atomic E-state index is 0.0211. The van der Waals surface area contributed by atoms with Crippen LogP contribution in [0.25, 0.3) is 0 Å². The largest absolute Gasteiger partial charge is 0.453 e. The molecular formula is C4H6INO3. The highest BCUT2D eigenvalue weighted by atomic mass is 127. The van der Waals surface area contributed by atoms with Gasteiger partial charge in [-0.05, 0) is 0 Å². The van der Waals surface area contributed by atoms with E-state index < -0.39 is 6.09 Å². The van der Waals surface area contributed by atoms with E-state index in [1.165, 1.54) is 7.11 Å². The molecule has 0 rings (SSSR count). The van der Waals surface area contributed by atoms with Gasteiger partial charge in [0.25, 0.3) is 0 Å². The van der Waals surface area contributed by atoms with Crippen LogP contribution in [-0.4, -0.2) is 23.5 Å². The highest BCUT2D eigenvalue weighted by molar-refractivity contribution is 14.1. The van der Waals surface area contributed by atoms with Gasteiger partial charge in [0.15, 0.2) is 0 Å². The molecule has 0 radical (unpaired) electrons. The van der Waals surface area contributed by atoms with Gasteiger partial charge < -0.3 is 10.1 Å². The van der Waals surface area contributed by atoms with E-state index in [1.807, 2.05) is 0 Å². The van der Waals surface area contributed by atoms with Crippen LogP contribution in [0.15, 0.2) is 0 Å². The SMILES string of the molecule is COC(=O)NCC(=O)I. The van der Waals surface area contributed by atoms with Crippen LogP contribution in [0.3, 0.4) is 0 Å². The van der Waals surface area contributed by atoms with Gasteiger partial charge in [0.2, 0.25) is 3.79 Å². The predicted octanol–water partition coefficient (Wildman–Crippen LogP) is 0.304. The summed E-state index contributed by atoms with van der Waals surface area (Å²) >= 11 is 1.58. The first-order valence-electron chi connectivity index (χ1n) is 2.17. The Morgan fingerprint density at radius 3 is 2.56 bits per heavy atom. The van der Waals surface area contributed by atoms with Crippen LogP contribution in [0, 0.1) is 0 Å². The number of rotatable bonds is 2. The predicted molar refractivity (Wildman–Crippen MR) is 39.4 cm³/mol. The zero-order valence-corrected chi connectivity index (χ0v) is 6.97. The Labute approximate surface area is 66.1 Å². The number of nitrogens with one attached hydrogen (secondary N) is 1. The van der Waals surface area contributed by atoms with Gasteiger partial charge in [-0.3, -0.25) is 4.79 Å². The normalized spacial score (nSPS) is 8.22. The molecule has 4 nitrogen and oxygen atoms in total. The lowest BCUT2D eigenvalue weighted by Crippen LogP contribution is -2.26. The van der Waals surface area contributed by atoms with Gasteiger partial charge >= 0.3 is 6.09 Å². The van der Waals surface area contributed by atoms with Crippen molar-refractivity contribution in [1.82, 2.24) is 5.32 Å². The molecule has 52 valence electrons. The Morgan fingerprint density at radius 2 is 2.22 bits per heavy atom. The van der Waals surface area contributed by atoms with Crippen LogP contribution in [0.2, 0.25) is 0 Å². The number of amides is 1. The molecule has 0 aliphatic heterocycles. The van der Waals surface area contributed by atoms with E-state index in [1.54, 1.807) is 22.6 Å². The molecule has 1 amide bonds. The van der Waals surface area contributed by atoms with Gasteiger partial charge in [-0.1, -0.05) is 0 Å². The van der Waals surface area contributed by atoms with Crippen molar-refractivity contribution < 1.29 is 14.3 Å². The third-order valence-corrected chi connectivity index (χ3v) is 0.939. The zero-order chi connectivity index (χ0) is 7.28. The van der Waals surface area contributed by atoms with Crippen molar-refractivity contribution >= 4 is 32.5 Å². The van der Waals surface area contributed by atoms with Crippen molar-refractivity contribution in [1.29, 1.82) is 0 Å². The number of carbonyl (C=O) groups is 2. The second-order valence-corrected chi connectivity index (χ2v) is 2.40. The molecule has 0 heterocycles. The van der Waals surface area contributed by atoms with Crippen LogP contribution in [-0.2, 0) is 9.53 Å². The maximum atomic E-state index is 10.2. The van der Waals surface area contributed by atoms with Crippen molar-refractivity contribution in [3.63, 3.8) is 0 Å². The Hall–Kier alpha value is -0.330. The second kappa shape index (κ2) is 4.54. The summed E-state index contributed by atoms with van der Waals surface area (Å²) in [6, 6.07) is 0. The minimum atomic E-state index is -0.583. The average Bonchev–Trinajstić information content (AvgIpc) is 1.83. The maximum absolute atomic E-state index is 10.2. The summed E-state index contributed by atoms with van der Waals surface area (Å²) in [6.45, 7) is 0.0211. The summed E-state index contributed by atoms with van der Waals surface area (Å²) in [7, 11) is 1.24. The quantitative estimate of drug-likeness (QED) is 0.560. The van der Waals surface area contributed by atoms with Crippen LogP contribution in [0.4, 0.5) is 4.79 Å². The summed E-state index contributed by atoms with van der Waals surface area (Å²) in [4.78, 5) is 20.4. The second-order valence-electron chi connectivity index (χ2n) is 1.20. The monoisotopic (exact) mass is 243 g/mol. The molecule has 0 fully saturated rings. The molecule has 0 aromatic heterocycles. The van der Waals surface area contributed by atoms with Crippen LogP contribution < -0.4 is 5.32 Å². The molecule has 9 heavy (non-hydrogen) atoms. The molecule has 0 aromatic carbocycles. The number of alkyl carbamates (subject to hydrolysis) is 1. The molecule has 1 N–H and O–H groups in total. The van der Waals surface area contributed by atoms with Gasteiger partial charge in [-0.2, -0.15) is 0 Å². The molecule has 5 heteroatoms. The van der Waals surface area contributed by atoms with E-state index in [2.05, 4.69) is 10.1 Å². The van der Waals surface area contributed by atoms with Gasteiger partial charge in [0.1, 0.15) is 0 Å². The number of carbonyl (C=O) groups excluding carboxylic acids is 2. The van der Waals surface area contributed by atoms with Crippen molar-refractivity contribution in [3.8, 4) is 0 Å². The Morgan fingerprint density at radius 1 is 1.67 bits per heavy atom. The van der Waals surface area contributed by atoms with Crippen LogP contribution in [0.1, 0.15) is 0 Å². The Balaban J connectivity index is 3.28. The molecule has 0 spiro atoms. The molecule has 0 saturated carbocycles. The molecular weight excluding hydrogens is 237 g/mol. The van der Waals surface area contributed by atoms with E-state index >= 15 is 0 Å². The summed E-state index contributed by atoms with van der Waals surface area (Å²) in [5, 5.41) is 2.21. The number of ether oxygens (including phenoxy) is 1. The highest BCUT2D eigenvalue weighted by Crippen LogP contribution is 1.81. The number of hydrogen-bond donors (Lipinski definition) is 1. The first-order chi connectivity index (χ1) is 4.16. The third kappa shape index (κ3) is 5.54. The Kier molecular flexibility index (Phi) is 4.37. The van der Waals surface area contributed by atoms with Crippen molar-refractivity contribution in [2.75, 3.05) is 13.7 Å². The fourth-order valence-corrected chi connectivity index (χ4v) is 0.405. The summed E-state index contributed by atoms with van der Waals surface area (Å²) < 4.78 is 4.07. The molecule has 0 bridgehead atoms. The fourth-order valence-electron chi connectivity index (χ4n) is 0.214. The first kappa shape index (κ1) is 8.67. The maximum Gasteiger partial charge on any atom is 0.407 e. The highest BCUT2D eigenvalue weighted by Gasteiger charge is 1.98. The van der Waals surface area contributed by atoms with Crippen LogP contribution in [0.5, 0.6) is 0 Å². The lowest BCUT2D eigenvalue weighted by Gasteiger charge is -1.97. The third-order valence-electron chi connectivity index (χ3n) is 0.557. The molecule has 0 aromatic rings. The van der Waals surface area contributed by atoms with Crippen molar-refractivity contribution in [2.24, 2.45) is 0 Å². The fraction of sp³-hybridized carbons (Fsp3) is 0.500. The smallest absolute Gasteiger partial charge is 0.407 e. The summed E-state index contributed by atoms with van der Waals surface area (Å²) in [5.74, 6) is 0. The molecule has 0 saturated heterocycles. The molecule has 0 unspecified atom stereocenters. The summed E-state index contributed by atoms with van der Waals surface area (Å²) in [6.07, 6.45) is -0.583. The Bertz CT molecular complexity index is 125. The standard InChI is InChI=1S/C4H6INO3/c1-9-4(8)6-2-3(5)7/h2H2,1H3,(H,6,8). The van der Waals surface area contributed by atoms with Crippen LogP contribution >= 0.6 is 22.6 Å². The van der Waals surface area contributed by atoms with E-state index in [4.69, 9.17) is 0 Å². The van der Waals surface area contributed by atoms with Gasteiger partial charge in [-0.25, -0.2) is 4.79 Å². The average molecular weight is 243 g/mol. The van der Waals surface area contributed by atoms with Gasteiger partial charge in [0, 0.05) is 22.6 Å².